The van der Waals surface area contributed by atoms with Gasteiger partial charge < -0.3 is 15.2 Å². The predicted octanol–water partition coefficient (Wildman–Crippen LogP) is 3.41. The summed E-state index contributed by atoms with van der Waals surface area (Å²) in [5, 5.41) is 6.10. The Labute approximate surface area is 161 Å². The van der Waals surface area contributed by atoms with Crippen molar-refractivity contribution in [2.45, 2.75) is 25.5 Å². The van der Waals surface area contributed by atoms with Crippen molar-refractivity contribution in [3.05, 3.63) is 41.3 Å². The van der Waals surface area contributed by atoms with Crippen LogP contribution in [0.15, 0.2) is 30.6 Å². The van der Waals surface area contributed by atoms with Crippen LogP contribution in [0.25, 0.3) is 11.0 Å². The summed E-state index contributed by atoms with van der Waals surface area (Å²) in [4.78, 5) is 8.51. The topological polar surface area (TPSA) is 88.1 Å². The third-order valence-electron chi connectivity index (χ3n) is 4.30. The van der Waals surface area contributed by atoms with Gasteiger partial charge in [0.15, 0.2) is 5.65 Å². The zero-order valence-corrected chi connectivity index (χ0v) is 15.5. The van der Waals surface area contributed by atoms with Gasteiger partial charge in [0.25, 0.3) is 0 Å². The number of rotatable bonds is 4. The fourth-order valence-corrected chi connectivity index (χ4v) is 3.24. The van der Waals surface area contributed by atoms with Crippen LogP contribution < -0.4 is 10.5 Å². The van der Waals surface area contributed by atoms with E-state index in [1.807, 2.05) is 16.8 Å². The molecular weight excluding hydrogens is 377 g/mol. The molecule has 138 valence electrons. The zero-order valence-electron chi connectivity index (χ0n) is 14.0. The van der Waals surface area contributed by atoms with Crippen LogP contribution in [0.3, 0.4) is 0 Å². The van der Waals surface area contributed by atoms with Crippen molar-refractivity contribution in [1.82, 2.24) is 19.7 Å². The van der Waals surface area contributed by atoms with E-state index in [1.165, 1.54) is 6.33 Å². The van der Waals surface area contributed by atoms with Gasteiger partial charge in [0.2, 0.25) is 0 Å². The van der Waals surface area contributed by atoms with E-state index in [4.69, 9.17) is 31.9 Å². The van der Waals surface area contributed by atoms with E-state index in [2.05, 4.69) is 9.97 Å². The molecule has 1 saturated heterocycles. The number of benzene rings is 1. The minimum atomic E-state index is 0. The third kappa shape index (κ3) is 3.70. The van der Waals surface area contributed by atoms with Crippen molar-refractivity contribution in [2.75, 3.05) is 18.9 Å². The molecule has 2 aromatic heterocycles. The van der Waals surface area contributed by atoms with Crippen LogP contribution in [-0.2, 0) is 11.3 Å². The summed E-state index contributed by atoms with van der Waals surface area (Å²) in [6, 6.07) is 7.50. The molecule has 1 fully saturated rings. The second-order valence-electron chi connectivity index (χ2n) is 5.94. The SMILES string of the molecule is Cl.Nc1ncnc2c1c(COc1cccc(Cl)c1)nn2C1CCOCC1. The third-order valence-corrected chi connectivity index (χ3v) is 4.53. The van der Waals surface area contributed by atoms with E-state index >= 15 is 0 Å². The Morgan fingerprint density at radius 3 is 2.85 bits per heavy atom. The zero-order chi connectivity index (χ0) is 17.2. The number of hydrogen-bond acceptors (Lipinski definition) is 6. The van der Waals surface area contributed by atoms with Crippen LogP contribution in [0.2, 0.25) is 5.02 Å². The lowest BCUT2D eigenvalue weighted by molar-refractivity contribution is 0.0671. The Morgan fingerprint density at radius 1 is 1.27 bits per heavy atom. The number of halogens is 2. The van der Waals surface area contributed by atoms with Crippen molar-refractivity contribution in [1.29, 1.82) is 0 Å². The van der Waals surface area contributed by atoms with Gasteiger partial charge in [-0.2, -0.15) is 5.10 Å². The lowest BCUT2D eigenvalue weighted by atomic mass is 10.1. The number of hydrogen-bond donors (Lipinski definition) is 1. The molecule has 3 heterocycles. The van der Waals surface area contributed by atoms with Crippen LogP contribution in [0, 0.1) is 0 Å². The van der Waals surface area contributed by atoms with Gasteiger partial charge in [-0.3, -0.25) is 0 Å². The van der Waals surface area contributed by atoms with Gasteiger partial charge in [-0.1, -0.05) is 17.7 Å². The number of nitrogen functional groups attached to an aromatic ring is 1. The van der Waals surface area contributed by atoms with E-state index in [-0.39, 0.29) is 25.1 Å². The van der Waals surface area contributed by atoms with E-state index in [0.29, 0.717) is 16.6 Å². The number of fused-ring (bicyclic) bond motifs is 1. The Bertz CT molecular complexity index is 896. The van der Waals surface area contributed by atoms with Gasteiger partial charge in [-0.15, -0.1) is 12.4 Å². The van der Waals surface area contributed by atoms with Crippen LogP contribution >= 0.6 is 24.0 Å². The highest BCUT2D eigenvalue weighted by atomic mass is 35.5. The van der Waals surface area contributed by atoms with Gasteiger partial charge in [0.1, 0.15) is 30.2 Å². The summed E-state index contributed by atoms with van der Waals surface area (Å²) in [6.07, 6.45) is 3.27. The van der Waals surface area contributed by atoms with E-state index < -0.39 is 0 Å². The fraction of sp³-hybridized carbons (Fsp3) is 0.353. The average Bonchev–Trinajstić information content (AvgIpc) is 3.01. The van der Waals surface area contributed by atoms with E-state index in [0.717, 1.165) is 42.8 Å². The normalized spacial score (nSPS) is 15.0. The molecule has 0 spiro atoms. The number of nitrogens with zero attached hydrogens (tertiary/aromatic N) is 4. The monoisotopic (exact) mass is 395 g/mol. The number of anilines is 1. The van der Waals surface area contributed by atoms with Gasteiger partial charge in [0.05, 0.1) is 11.4 Å². The highest BCUT2D eigenvalue weighted by Crippen LogP contribution is 2.29. The largest absolute Gasteiger partial charge is 0.487 e. The molecule has 2 N–H and O–H groups in total. The molecule has 1 aliphatic heterocycles. The maximum atomic E-state index is 6.09. The molecule has 0 saturated carbocycles. The lowest BCUT2D eigenvalue weighted by Crippen LogP contribution is -2.21. The first-order valence-electron chi connectivity index (χ1n) is 8.16. The molecule has 7 nitrogen and oxygen atoms in total. The Morgan fingerprint density at radius 2 is 2.08 bits per heavy atom. The first kappa shape index (κ1) is 18.7. The quantitative estimate of drug-likeness (QED) is 0.727. The molecule has 26 heavy (non-hydrogen) atoms. The Balaban J connectivity index is 0.00000196. The lowest BCUT2D eigenvalue weighted by Gasteiger charge is -2.22. The highest BCUT2D eigenvalue weighted by Gasteiger charge is 2.23. The van der Waals surface area contributed by atoms with Crippen LogP contribution in [0.4, 0.5) is 5.82 Å². The van der Waals surface area contributed by atoms with E-state index in [1.54, 1.807) is 12.1 Å². The van der Waals surface area contributed by atoms with Gasteiger partial charge in [-0.25, -0.2) is 14.6 Å². The number of ether oxygens (including phenoxy) is 2. The number of aromatic nitrogens is 4. The standard InChI is InChI=1S/C17H18ClN5O2.ClH/c18-11-2-1-3-13(8-11)25-9-14-15-16(19)20-10-21-17(15)23(22-14)12-4-6-24-7-5-12;/h1-3,8,10,12H,4-7,9H2,(H2,19,20,21);1H. The maximum Gasteiger partial charge on any atom is 0.163 e. The summed E-state index contributed by atoms with van der Waals surface area (Å²) in [6.45, 7) is 1.71. The maximum absolute atomic E-state index is 6.09. The van der Waals surface area contributed by atoms with Gasteiger partial charge in [0, 0.05) is 18.2 Å². The van der Waals surface area contributed by atoms with Gasteiger partial charge >= 0.3 is 0 Å². The molecule has 0 amide bonds. The van der Waals surface area contributed by atoms with Gasteiger partial charge in [-0.05, 0) is 31.0 Å². The summed E-state index contributed by atoms with van der Waals surface area (Å²) in [5.41, 5.74) is 7.55. The summed E-state index contributed by atoms with van der Waals surface area (Å²) in [5.74, 6) is 1.09. The van der Waals surface area contributed by atoms with Crippen molar-refractivity contribution in [2.24, 2.45) is 0 Å². The molecule has 0 bridgehead atoms. The van der Waals surface area contributed by atoms with Crippen LogP contribution in [0.5, 0.6) is 5.75 Å². The molecule has 1 aromatic carbocycles. The fourth-order valence-electron chi connectivity index (χ4n) is 3.06. The summed E-state index contributed by atoms with van der Waals surface area (Å²) >= 11 is 6.00. The van der Waals surface area contributed by atoms with Crippen molar-refractivity contribution >= 4 is 40.9 Å². The molecule has 3 aromatic rings. The minimum absolute atomic E-state index is 0. The first-order valence-corrected chi connectivity index (χ1v) is 8.54. The first-order chi connectivity index (χ1) is 12.2. The molecular formula is C17H19Cl2N5O2. The van der Waals surface area contributed by atoms with Crippen LogP contribution in [-0.4, -0.2) is 33.0 Å². The molecule has 0 aliphatic carbocycles. The summed E-state index contributed by atoms with van der Waals surface area (Å²) in [7, 11) is 0. The molecule has 1 aliphatic rings. The van der Waals surface area contributed by atoms with Crippen molar-refractivity contribution in [3.63, 3.8) is 0 Å². The molecule has 4 rings (SSSR count). The highest BCUT2D eigenvalue weighted by molar-refractivity contribution is 6.30. The smallest absolute Gasteiger partial charge is 0.163 e. The van der Waals surface area contributed by atoms with Crippen molar-refractivity contribution in [3.8, 4) is 5.75 Å². The summed E-state index contributed by atoms with van der Waals surface area (Å²) < 4.78 is 13.2. The van der Waals surface area contributed by atoms with E-state index in [9.17, 15) is 0 Å². The Kier molecular flexibility index (Phi) is 5.80. The Hall–Kier alpha value is -2.09. The van der Waals surface area contributed by atoms with Crippen LogP contribution in [0.1, 0.15) is 24.6 Å². The average molecular weight is 396 g/mol. The molecule has 9 heteroatoms. The molecule has 0 atom stereocenters. The second kappa shape index (κ2) is 8.07. The number of nitrogens with two attached hydrogens (primary N) is 1. The molecule has 0 unspecified atom stereocenters. The van der Waals surface area contributed by atoms with Crippen molar-refractivity contribution < 1.29 is 9.47 Å². The molecule has 0 radical (unpaired) electrons. The minimum Gasteiger partial charge on any atom is -0.487 e. The predicted molar refractivity (Wildman–Crippen MR) is 102 cm³/mol. The second-order valence-corrected chi connectivity index (χ2v) is 6.37.